The lowest BCUT2D eigenvalue weighted by molar-refractivity contribution is -0.122. The fourth-order valence-corrected chi connectivity index (χ4v) is 7.38. The zero-order valence-corrected chi connectivity index (χ0v) is 19.7. The topological polar surface area (TPSA) is 50.3 Å². The minimum Gasteiger partial charge on any atom is -0.274 e. The van der Waals surface area contributed by atoms with Gasteiger partial charge in [0, 0.05) is 5.75 Å². The van der Waals surface area contributed by atoms with Crippen LogP contribution < -0.4 is 4.90 Å². The molecule has 2 heterocycles. The molecule has 0 unspecified atom stereocenters. The smallest absolute Gasteiger partial charge is 0.237 e. The summed E-state index contributed by atoms with van der Waals surface area (Å²) in [5.74, 6) is 0.616. The Morgan fingerprint density at radius 1 is 1.00 bits per heavy atom. The Morgan fingerprint density at radius 3 is 2.29 bits per heavy atom. The number of hydrogen-bond acceptors (Lipinski definition) is 5. The number of thioether (sulfide) groups is 1. The summed E-state index contributed by atoms with van der Waals surface area (Å²) < 4.78 is 2.03. The van der Waals surface area contributed by atoms with Crippen molar-refractivity contribution in [1.29, 1.82) is 0 Å². The molecule has 2 amide bonds. The first kappa shape index (κ1) is 20.7. The number of benzene rings is 2. The van der Waals surface area contributed by atoms with Gasteiger partial charge >= 0.3 is 0 Å². The molecule has 2 atom stereocenters. The van der Waals surface area contributed by atoms with Crippen molar-refractivity contribution in [2.45, 2.75) is 56.5 Å². The number of carbonyl (C=O) groups excluding carboxylic acids is 2. The quantitative estimate of drug-likeness (QED) is 0.351. The highest BCUT2D eigenvalue weighted by Crippen LogP contribution is 2.41. The van der Waals surface area contributed by atoms with Gasteiger partial charge in [0.25, 0.3) is 0 Å². The van der Waals surface area contributed by atoms with Crippen molar-refractivity contribution in [3.8, 4) is 0 Å². The van der Waals surface area contributed by atoms with Crippen LogP contribution in [0.3, 0.4) is 0 Å². The van der Waals surface area contributed by atoms with Crippen molar-refractivity contribution >= 4 is 50.8 Å². The molecule has 0 bridgehead atoms. The Bertz CT molecular complexity index is 1150. The van der Waals surface area contributed by atoms with E-state index in [2.05, 4.69) is 32.9 Å². The first-order chi connectivity index (χ1) is 14.9. The first-order valence-corrected chi connectivity index (χ1v) is 12.7. The van der Waals surface area contributed by atoms with Crippen LogP contribution >= 0.6 is 23.1 Å². The normalized spacial score (nSPS) is 21.2. The number of aryl methyl sites for hydroxylation is 3. The molecule has 31 heavy (non-hydrogen) atoms. The summed E-state index contributed by atoms with van der Waals surface area (Å²) in [5.41, 5.74) is 6.92. The molecule has 160 valence electrons. The van der Waals surface area contributed by atoms with Gasteiger partial charge in [0.1, 0.15) is 0 Å². The standard InChI is InChI=1S/C25H26N2O2S2/c1-14-10-15(2)20(16(3)11-14)13-30-25-26-21-9-8-17(12-22(21)31-25)27-23(28)18-6-4-5-7-19(18)24(27)29/h8-12,18-19H,4-7,13H2,1-3H3/t18-,19+. The molecule has 6 heteroatoms. The largest absolute Gasteiger partial charge is 0.274 e. The molecular weight excluding hydrogens is 424 g/mol. The predicted octanol–water partition coefficient (Wildman–Crippen LogP) is 6.19. The van der Waals surface area contributed by atoms with Crippen molar-refractivity contribution < 1.29 is 9.59 Å². The van der Waals surface area contributed by atoms with Crippen molar-refractivity contribution in [2.75, 3.05) is 4.90 Å². The van der Waals surface area contributed by atoms with E-state index in [0.717, 1.165) is 46.0 Å². The summed E-state index contributed by atoms with van der Waals surface area (Å²) in [5, 5.41) is 0. The van der Waals surface area contributed by atoms with Crippen molar-refractivity contribution in [2.24, 2.45) is 11.8 Å². The van der Waals surface area contributed by atoms with E-state index in [0.29, 0.717) is 5.69 Å². The number of carbonyl (C=O) groups is 2. The Kier molecular flexibility index (Phi) is 5.39. The van der Waals surface area contributed by atoms with Crippen molar-refractivity contribution in [1.82, 2.24) is 4.98 Å². The maximum absolute atomic E-state index is 12.9. The predicted molar refractivity (Wildman–Crippen MR) is 128 cm³/mol. The summed E-state index contributed by atoms with van der Waals surface area (Å²) in [6.07, 6.45) is 3.77. The average Bonchev–Trinajstić information content (AvgIpc) is 3.25. The molecule has 0 N–H and O–H groups in total. The summed E-state index contributed by atoms with van der Waals surface area (Å²) in [4.78, 5) is 32.1. The summed E-state index contributed by atoms with van der Waals surface area (Å²) in [7, 11) is 0. The van der Waals surface area contributed by atoms with Crippen LogP contribution in [-0.2, 0) is 15.3 Å². The van der Waals surface area contributed by atoms with Crippen LogP contribution in [0.5, 0.6) is 0 Å². The Labute approximate surface area is 191 Å². The van der Waals surface area contributed by atoms with E-state index in [9.17, 15) is 9.59 Å². The van der Waals surface area contributed by atoms with Gasteiger partial charge in [-0.15, -0.1) is 11.3 Å². The third-order valence-corrected chi connectivity index (χ3v) is 8.82. The van der Waals surface area contributed by atoms with Crippen molar-refractivity contribution in [3.05, 3.63) is 52.6 Å². The van der Waals surface area contributed by atoms with Crippen LogP contribution in [0.25, 0.3) is 10.2 Å². The highest BCUT2D eigenvalue weighted by atomic mass is 32.2. The number of aromatic nitrogens is 1. The van der Waals surface area contributed by atoms with Crippen LogP contribution in [0.15, 0.2) is 34.7 Å². The number of fused-ring (bicyclic) bond motifs is 2. The SMILES string of the molecule is Cc1cc(C)c(CSc2nc3ccc(N4C(=O)[C@H]5CCCC[C@H]5C4=O)cc3s2)c(C)c1. The molecule has 4 nitrogen and oxygen atoms in total. The number of thiazole rings is 1. The molecular formula is C25H26N2O2S2. The molecule has 2 fully saturated rings. The lowest BCUT2D eigenvalue weighted by atomic mass is 9.81. The van der Waals surface area contributed by atoms with E-state index in [-0.39, 0.29) is 23.7 Å². The Balaban J connectivity index is 1.38. The third-order valence-electron chi connectivity index (χ3n) is 6.63. The minimum absolute atomic E-state index is 0.0153. The van der Waals surface area contributed by atoms with E-state index in [1.165, 1.54) is 27.2 Å². The molecule has 1 saturated heterocycles. The fourth-order valence-electron chi connectivity index (χ4n) is 5.08. The van der Waals surface area contributed by atoms with Crippen LogP contribution in [0, 0.1) is 32.6 Å². The number of anilines is 1. The van der Waals surface area contributed by atoms with Gasteiger partial charge in [0.15, 0.2) is 4.34 Å². The number of amides is 2. The van der Waals surface area contributed by atoms with Gasteiger partial charge in [-0.05, 0) is 68.5 Å². The van der Waals surface area contributed by atoms with Gasteiger partial charge in [-0.1, -0.05) is 42.3 Å². The van der Waals surface area contributed by atoms with Crippen LogP contribution in [0.4, 0.5) is 5.69 Å². The molecule has 1 aliphatic carbocycles. The molecule has 5 rings (SSSR count). The van der Waals surface area contributed by atoms with Gasteiger partial charge in [0.05, 0.1) is 27.7 Å². The van der Waals surface area contributed by atoms with Gasteiger partial charge in [0.2, 0.25) is 11.8 Å². The van der Waals surface area contributed by atoms with E-state index in [4.69, 9.17) is 4.98 Å². The molecule has 1 aliphatic heterocycles. The van der Waals surface area contributed by atoms with Crippen molar-refractivity contribution in [3.63, 3.8) is 0 Å². The van der Waals surface area contributed by atoms with Gasteiger partial charge in [-0.25, -0.2) is 4.98 Å². The van der Waals surface area contributed by atoms with Crippen LogP contribution in [-0.4, -0.2) is 16.8 Å². The van der Waals surface area contributed by atoms with E-state index in [1.54, 1.807) is 23.1 Å². The second-order valence-corrected chi connectivity index (χ2v) is 11.1. The zero-order valence-electron chi connectivity index (χ0n) is 18.1. The second-order valence-electron chi connectivity index (χ2n) is 8.81. The van der Waals surface area contributed by atoms with Gasteiger partial charge < -0.3 is 0 Å². The summed E-state index contributed by atoms with van der Waals surface area (Å²) >= 11 is 3.38. The summed E-state index contributed by atoms with van der Waals surface area (Å²) in [6.45, 7) is 6.47. The van der Waals surface area contributed by atoms with Gasteiger partial charge in [-0.3, -0.25) is 14.5 Å². The Morgan fingerprint density at radius 2 is 1.65 bits per heavy atom. The average molecular weight is 451 g/mol. The van der Waals surface area contributed by atoms with E-state index >= 15 is 0 Å². The maximum atomic E-state index is 12.9. The lowest BCUT2D eigenvalue weighted by Gasteiger charge is -2.19. The molecule has 0 radical (unpaired) electrons. The fraction of sp³-hybridized carbons (Fsp3) is 0.400. The number of nitrogens with zero attached hydrogens (tertiary/aromatic N) is 2. The molecule has 1 saturated carbocycles. The number of hydrogen-bond donors (Lipinski definition) is 0. The molecule has 2 aliphatic rings. The van der Waals surface area contributed by atoms with E-state index < -0.39 is 0 Å². The Hall–Kier alpha value is -2.18. The second kappa shape index (κ2) is 8.06. The monoisotopic (exact) mass is 450 g/mol. The third kappa shape index (κ3) is 3.70. The van der Waals surface area contributed by atoms with Crippen LogP contribution in [0.2, 0.25) is 0 Å². The first-order valence-electron chi connectivity index (χ1n) is 10.9. The maximum Gasteiger partial charge on any atom is 0.237 e. The zero-order chi connectivity index (χ0) is 21.7. The molecule has 1 aromatic heterocycles. The molecule has 0 spiro atoms. The van der Waals surface area contributed by atoms with Crippen LogP contribution in [0.1, 0.15) is 47.9 Å². The number of rotatable bonds is 4. The molecule has 3 aromatic rings. The van der Waals surface area contributed by atoms with Gasteiger partial charge in [-0.2, -0.15) is 0 Å². The van der Waals surface area contributed by atoms with E-state index in [1.807, 2.05) is 18.2 Å². The minimum atomic E-state index is -0.120. The number of imide groups is 1. The lowest BCUT2D eigenvalue weighted by Crippen LogP contribution is -2.30. The highest BCUT2D eigenvalue weighted by molar-refractivity contribution is 8.00. The molecule has 2 aromatic carbocycles. The summed E-state index contributed by atoms with van der Waals surface area (Å²) in [6, 6.07) is 10.2. The highest BCUT2D eigenvalue weighted by Gasteiger charge is 2.48.